The van der Waals surface area contributed by atoms with Crippen molar-refractivity contribution in [2.24, 2.45) is 11.8 Å². The number of hydrogen-bond donors (Lipinski definition) is 1. The summed E-state index contributed by atoms with van der Waals surface area (Å²) in [6.45, 7) is 0.781. The van der Waals surface area contributed by atoms with Gasteiger partial charge in [0.2, 0.25) is 11.8 Å². The number of fused-ring (bicyclic) bond motifs is 1. The second-order valence-electron chi connectivity index (χ2n) is 8.30. The molecule has 0 atom stereocenters. The van der Waals surface area contributed by atoms with Crippen molar-refractivity contribution in [2.45, 2.75) is 70.6 Å². The van der Waals surface area contributed by atoms with Crippen LogP contribution in [0, 0.1) is 11.8 Å². The fourth-order valence-electron chi connectivity index (χ4n) is 4.94. The van der Waals surface area contributed by atoms with Crippen LogP contribution in [0.25, 0.3) is 0 Å². The van der Waals surface area contributed by atoms with Crippen molar-refractivity contribution in [3.8, 4) is 0 Å². The highest BCUT2D eigenvalue weighted by molar-refractivity contribution is 5.98. The van der Waals surface area contributed by atoms with E-state index < -0.39 is 0 Å². The van der Waals surface area contributed by atoms with Gasteiger partial charge < -0.3 is 10.2 Å². The number of benzene rings is 1. The van der Waals surface area contributed by atoms with Gasteiger partial charge in [0, 0.05) is 30.3 Å². The first-order valence-corrected chi connectivity index (χ1v) is 10.4. The summed E-state index contributed by atoms with van der Waals surface area (Å²) in [5.41, 5.74) is 3.06. The van der Waals surface area contributed by atoms with Gasteiger partial charge in [-0.1, -0.05) is 44.6 Å². The largest absolute Gasteiger partial charge is 0.326 e. The van der Waals surface area contributed by atoms with Gasteiger partial charge in [-0.05, 0) is 49.3 Å². The highest BCUT2D eigenvalue weighted by Crippen LogP contribution is 2.35. The molecule has 2 amide bonds. The van der Waals surface area contributed by atoms with Crippen LogP contribution in [-0.2, 0) is 16.0 Å². The van der Waals surface area contributed by atoms with Crippen LogP contribution in [0.2, 0.25) is 0 Å². The first-order chi connectivity index (χ1) is 12.7. The monoisotopic (exact) mass is 354 g/mol. The van der Waals surface area contributed by atoms with E-state index in [-0.39, 0.29) is 17.7 Å². The molecule has 0 saturated heterocycles. The first-order valence-electron chi connectivity index (χ1n) is 10.4. The van der Waals surface area contributed by atoms with Gasteiger partial charge in [0.15, 0.2) is 0 Å². The van der Waals surface area contributed by atoms with E-state index in [4.69, 9.17) is 0 Å². The zero-order valence-corrected chi connectivity index (χ0v) is 15.6. The summed E-state index contributed by atoms with van der Waals surface area (Å²) in [6.07, 6.45) is 12.1. The van der Waals surface area contributed by atoms with Gasteiger partial charge in [-0.25, -0.2) is 0 Å². The molecular weight excluding hydrogens is 324 g/mol. The Morgan fingerprint density at radius 3 is 2.54 bits per heavy atom. The molecule has 2 aliphatic carbocycles. The summed E-state index contributed by atoms with van der Waals surface area (Å²) in [6, 6.07) is 6.06. The van der Waals surface area contributed by atoms with E-state index in [1.165, 1.54) is 44.1 Å². The highest BCUT2D eigenvalue weighted by Gasteiger charge is 2.32. The van der Waals surface area contributed by atoms with Gasteiger partial charge in [0.1, 0.15) is 0 Å². The smallest absolute Gasteiger partial charge is 0.230 e. The molecule has 4 heteroatoms. The fraction of sp³-hybridized carbons (Fsp3) is 0.636. The third kappa shape index (κ3) is 3.79. The second kappa shape index (κ2) is 7.81. The maximum atomic E-state index is 12.8. The zero-order chi connectivity index (χ0) is 17.9. The standard InChI is InChI=1S/C22H30N2O2/c25-21(12-9-16-5-1-2-6-16)23-19-11-10-17-13-14-24(20(17)15-19)22(26)18-7-3-4-8-18/h10-11,15-16,18H,1-9,12-14H2,(H,23,25). The van der Waals surface area contributed by atoms with Gasteiger partial charge in [0.25, 0.3) is 0 Å². The summed E-state index contributed by atoms with van der Waals surface area (Å²) in [5.74, 6) is 1.32. The van der Waals surface area contributed by atoms with Crippen molar-refractivity contribution in [2.75, 3.05) is 16.8 Å². The first kappa shape index (κ1) is 17.6. The minimum atomic E-state index is 0.100. The van der Waals surface area contributed by atoms with Crippen molar-refractivity contribution in [1.29, 1.82) is 0 Å². The van der Waals surface area contributed by atoms with Crippen LogP contribution in [-0.4, -0.2) is 18.4 Å². The van der Waals surface area contributed by atoms with Crippen LogP contribution in [0.4, 0.5) is 11.4 Å². The molecule has 0 radical (unpaired) electrons. The minimum Gasteiger partial charge on any atom is -0.326 e. The van der Waals surface area contributed by atoms with Gasteiger partial charge in [0.05, 0.1) is 0 Å². The predicted molar refractivity (Wildman–Crippen MR) is 104 cm³/mol. The number of nitrogens with zero attached hydrogens (tertiary/aromatic N) is 1. The van der Waals surface area contributed by atoms with Gasteiger partial charge in [-0.3, -0.25) is 9.59 Å². The van der Waals surface area contributed by atoms with Crippen LogP contribution >= 0.6 is 0 Å². The Morgan fingerprint density at radius 1 is 1.04 bits per heavy atom. The lowest BCUT2D eigenvalue weighted by Gasteiger charge is -2.21. The maximum Gasteiger partial charge on any atom is 0.230 e. The molecule has 3 aliphatic rings. The number of hydrogen-bond acceptors (Lipinski definition) is 2. The molecule has 26 heavy (non-hydrogen) atoms. The number of nitrogens with one attached hydrogen (secondary N) is 1. The number of rotatable bonds is 5. The van der Waals surface area contributed by atoms with Crippen molar-refractivity contribution >= 4 is 23.2 Å². The molecule has 140 valence electrons. The van der Waals surface area contributed by atoms with Crippen LogP contribution in [0.5, 0.6) is 0 Å². The van der Waals surface area contributed by atoms with Crippen LogP contribution in [0.3, 0.4) is 0 Å². The molecule has 4 nitrogen and oxygen atoms in total. The summed E-state index contributed by atoms with van der Waals surface area (Å²) in [5, 5.41) is 3.05. The molecule has 4 rings (SSSR count). The Balaban J connectivity index is 1.38. The van der Waals surface area contributed by atoms with E-state index in [0.717, 1.165) is 49.5 Å². The van der Waals surface area contributed by atoms with Crippen molar-refractivity contribution in [3.63, 3.8) is 0 Å². The minimum absolute atomic E-state index is 0.100. The second-order valence-corrected chi connectivity index (χ2v) is 8.30. The number of amides is 2. The van der Waals surface area contributed by atoms with E-state index in [9.17, 15) is 9.59 Å². The Bertz CT molecular complexity index is 673. The molecule has 1 aromatic carbocycles. The SMILES string of the molecule is O=C(CCC1CCCC1)Nc1ccc2c(c1)N(C(=O)C1CCCC1)CC2. The van der Waals surface area contributed by atoms with Crippen LogP contribution in [0.15, 0.2) is 18.2 Å². The fourth-order valence-corrected chi connectivity index (χ4v) is 4.94. The Morgan fingerprint density at radius 2 is 1.77 bits per heavy atom. The third-order valence-corrected chi connectivity index (χ3v) is 6.49. The van der Waals surface area contributed by atoms with E-state index in [0.29, 0.717) is 6.42 Å². The van der Waals surface area contributed by atoms with E-state index in [1.54, 1.807) is 0 Å². The molecule has 1 N–H and O–H groups in total. The summed E-state index contributed by atoms with van der Waals surface area (Å²) >= 11 is 0. The lowest BCUT2D eigenvalue weighted by atomic mass is 10.0. The van der Waals surface area contributed by atoms with E-state index in [2.05, 4.69) is 11.4 Å². The lowest BCUT2D eigenvalue weighted by Crippen LogP contribution is -2.33. The highest BCUT2D eigenvalue weighted by atomic mass is 16.2. The molecule has 2 saturated carbocycles. The molecule has 1 aliphatic heterocycles. The lowest BCUT2D eigenvalue weighted by molar-refractivity contribution is -0.122. The molecular formula is C22H30N2O2. The Labute approximate surface area is 156 Å². The van der Waals surface area contributed by atoms with Crippen LogP contribution in [0.1, 0.15) is 69.8 Å². The maximum absolute atomic E-state index is 12.8. The Kier molecular flexibility index (Phi) is 5.28. The third-order valence-electron chi connectivity index (χ3n) is 6.49. The number of carbonyl (C=O) groups is 2. The quantitative estimate of drug-likeness (QED) is 0.835. The number of carbonyl (C=O) groups excluding carboxylic acids is 2. The topological polar surface area (TPSA) is 49.4 Å². The van der Waals surface area contributed by atoms with Crippen molar-refractivity contribution in [1.82, 2.24) is 0 Å². The van der Waals surface area contributed by atoms with E-state index in [1.807, 2.05) is 17.0 Å². The Hall–Kier alpha value is -1.84. The van der Waals surface area contributed by atoms with Crippen molar-refractivity contribution < 1.29 is 9.59 Å². The molecule has 1 heterocycles. The molecule has 0 spiro atoms. The normalized spacial score (nSPS) is 20.5. The molecule has 2 fully saturated rings. The molecule has 1 aromatic rings. The summed E-state index contributed by atoms with van der Waals surface area (Å²) in [4.78, 5) is 27.1. The van der Waals surface area contributed by atoms with Gasteiger partial charge >= 0.3 is 0 Å². The molecule has 0 unspecified atom stereocenters. The predicted octanol–water partition coefficient (Wildman–Crippen LogP) is 4.67. The average Bonchev–Trinajstić information content (AvgIpc) is 3.40. The van der Waals surface area contributed by atoms with Crippen LogP contribution < -0.4 is 10.2 Å². The van der Waals surface area contributed by atoms with Crippen molar-refractivity contribution in [3.05, 3.63) is 23.8 Å². The summed E-state index contributed by atoms with van der Waals surface area (Å²) < 4.78 is 0. The van der Waals surface area contributed by atoms with Gasteiger partial charge in [-0.2, -0.15) is 0 Å². The number of anilines is 2. The zero-order valence-electron chi connectivity index (χ0n) is 15.6. The molecule has 0 bridgehead atoms. The summed E-state index contributed by atoms with van der Waals surface area (Å²) in [7, 11) is 0. The van der Waals surface area contributed by atoms with E-state index >= 15 is 0 Å². The molecule has 0 aromatic heterocycles. The van der Waals surface area contributed by atoms with Gasteiger partial charge in [-0.15, -0.1) is 0 Å². The average molecular weight is 354 g/mol.